The zero-order valence-corrected chi connectivity index (χ0v) is 20.9. The first kappa shape index (κ1) is 23.9. The maximum Gasteiger partial charge on any atom is 0.319 e. The molecule has 6 heteroatoms. The summed E-state index contributed by atoms with van der Waals surface area (Å²) < 4.78 is 44.0. The van der Waals surface area contributed by atoms with Gasteiger partial charge in [-0.15, -0.1) is 0 Å². The average molecular weight is 502 g/mol. The van der Waals surface area contributed by atoms with Crippen molar-refractivity contribution in [3.05, 3.63) is 95.6 Å². The zero-order valence-electron chi connectivity index (χ0n) is 20.9. The van der Waals surface area contributed by atoms with E-state index in [4.69, 9.17) is 0 Å². The molecule has 1 N–H and O–H groups in total. The molecule has 1 saturated heterocycles. The van der Waals surface area contributed by atoms with Crippen LogP contribution in [0.5, 0.6) is 0 Å². The van der Waals surface area contributed by atoms with Crippen LogP contribution in [-0.4, -0.2) is 27.5 Å². The van der Waals surface area contributed by atoms with Gasteiger partial charge in [-0.1, -0.05) is 55.5 Å². The minimum atomic E-state index is -2.54. The van der Waals surface area contributed by atoms with Gasteiger partial charge in [0, 0.05) is 51.8 Å². The number of hydrogen-bond donors (Lipinski definition) is 1. The highest BCUT2D eigenvalue weighted by molar-refractivity contribution is 5.96. The lowest BCUT2D eigenvalue weighted by atomic mass is 9.89. The van der Waals surface area contributed by atoms with Crippen molar-refractivity contribution in [3.63, 3.8) is 0 Å². The van der Waals surface area contributed by atoms with Gasteiger partial charge in [0.15, 0.2) is 0 Å². The van der Waals surface area contributed by atoms with Crippen molar-refractivity contribution in [1.82, 2.24) is 14.5 Å². The van der Waals surface area contributed by atoms with E-state index in [1.807, 2.05) is 36.5 Å². The van der Waals surface area contributed by atoms with Gasteiger partial charge in [-0.2, -0.15) is 8.78 Å². The minimum Gasteiger partial charge on any atom is -0.361 e. The van der Waals surface area contributed by atoms with E-state index >= 15 is 0 Å². The predicted octanol–water partition coefficient (Wildman–Crippen LogP) is 8.27. The normalized spacial score (nSPS) is 15.4. The Kier molecular flexibility index (Phi) is 6.29. The van der Waals surface area contributed by atoms with Crippen LogP contribution in [0.1, 0.15) is 49.1 Å². The maximum absolute atomic E-state index is 14.3. The number of hydrogen-bond acceptors (Lipinski definition) is 1. The highest BCUT2D eigenvalue weighted by Crippen LogP contribution is 2.40. The molecule has 0 saturated carbocycles. The van der Waals surface area contributed by atoms with Crippen molar-refractivity contribution in [1.29, 1.82) is 0 Å². The van der Waals surface area contributed by atoms with Crippen LogP contribution in [-0.2, 0) is 13.0 Å². The highest BCUT2D eigenvalue weighted by atomic mass is 19.3. The molecule has 0 radical (unpaired) electrons. The van der Waals surface area contributed by atoms with E-state index in [0.29, 0.717) is 11.1 Å². The van der Waals surface area contributed by atoms with Gasteiger partial charge in [0.05, 0.1) is 5.52 Å². The third-order valence-electron chi connectivity index (χ3n) is 7.90. The number of halogens is 3. The Hall–Kier alpha value is -3.51. The Morgan fingerprint density at radius 1 is 0.919 bits per heavy atom. The first-order valence-electron chi connectivity index (χ1n) is 13.0. The molecule has 190 valence electrons. The van der Waals surface area contributed by atoms with E-state index in [2.05, 4.69) is 35.0 Å². The molecule has 1 aliphatic rings. The summed E-state index contributed by atoms with van der Waals surface area (Å²) in [6.07, 6.45) is 4.34. The molecule has 37 heavy (non-hydrogen) atoms. The molecule has 5 aromatic rings. The molecular formula is C31H30F3N3. The lowest BCUT2D eigenvalue weighted by Gasteiger charge is -2.33. The summed E-state index contributed by atoms with van der Waals surface area (Å²) in [5, 5.41) is 1.95. The molecule has 0 bridgehead atoms. The largest absolute Gasteiger partial charge is 0.361 e. The average Bonchev–Trinajstić information content (AvgIpc) is 3.48. The van der Waals surface area contributed by atoms with Crippen LogP contribution < -0.4 is 0 Å². The van der Waals surface area contributed by atoms with Crippen molar-refractivity contribution < 1.29 is 13.2 Å². The summed E-state index contributed by atoms with van der Waals surface area (Å²) in [5.74, 6) is -0.103. The molecule has 1 aliphatic heterocycles. The minimum absolute atomic E-state index is 0.127. The molecule has 2 aromatic heterocycles. The third kappa shape index (κ3) is 4.23. The third-order valence-corrected chi connectivity index (χ3v) is 7.90. The summed E-state index contributed by atoms with van der Waals surface area (Å²) in [4.78, 5) is 5.71. The van der Waals surface area contributed by atoms with Crippen molar-refractivity contribution in [3.8, 4) is 11.1 Å². The van der Waals surface area contributed by atoms with Crippen LogP contribution in [0, 0.1) is 5.82 Å². The molecule has 3 aromatic carbocycles. The quantitative estimate of drug-likeness (QED) is 0.249. The Bertz CT molecular complexity index is 1560. The second-order valence-electron chi connectivity index (χ2n) is 9.99. The van der Waals surface area contributed by atoms with Gasteiger partial charge < -0.3 is 4.98 Å². The smallest absolute Gasteiger partial charge is 0.319 e. The van der Waals surface area contributed by atoms with Gasteiger partial charge in [-0.3, -0.25) is 9.47 Å². The molecule has 3 nitrogen and oxygen atoms in total. The number of piperidine rings is 1. The number of nitrogens with one attached hydrogen (secondary N) is 1. The standard InChI is InChI=1S/C31H30F3N3/c1-2-22-25-8-4-6-10-29(25)37(31(33)34)30(22)21-13-15-36(16-14-21)19-20-11-12-24-26(18-35-28(24)17-20)23-7-3-5-9-27(23)32/h3-12,17-18,21,31,35H,2,13-16,19H2,1H3. The van der Waals surface area contributed by atoms with E-state index in [9.17, 15) is 13.2 Å². The number of benzene rings is 3. The number of fused-ring (bicyclic) bond motifs is 2. The first-order chi connectivity index (χ1) is 18.0. The van der Waals surface area contributed by atoms with Crippen LogP contribution in [0.25, 0.3) is 32.9 Å². The van der Waals surface area contributed by atoms with Crippen LogP contribution >= 0.6 is 0 Å². The van der Waals surface area contributed by atoms with Gasteiger partial charge >= 0.3 is 6.55 Å². The van der Waals surface area contributed by atoms with Gasteiger partial charge in [0.25, 0.3) is 0 Å². The number of aromatic amines is 1. The monoisotopic (exact) mass is 501 g/mol. The predicted molar refractivity (Wildman–Crippen MR) is 144 cm³/mol. The molecule has 0 spiro atoms. The van der Waals surface area contributed by atoms with Gasteiger partial charge in [-0.05, 0) is 61.7 Å². The molecule has 0 atom stereocenters. The number of para-hydroxylation sites is 1. The number of aryl methyl sites for hydroxylation is 1. The SMILES string of the molecule is CCc1c(C2CCN(Cc3ccc4c(-c5ccccc5F)c[nH]c4c3)CC2)n(C(F)F)c2ccccc12. The molecule has 0 amide bonds. The summed E-state index contributed by atoms with van der Waals surface area (Å²) >= 11 is 0. The summed E-state index contributed by atoms with van der Waals surface area (Å²) in [6, 6.07) is 20.7. The highest BCUT2D eigenvalue weighted by Gasteiger charge is 2.29. The maximum atomic E-state index is 14.3. The van der Waals surface area contributed by atoms with Crippen molar-refractivity contribution >= 4 is 21.8 Å². The van der Waals surface area contributed by atoms with E-state index in [1.165, 1.54) is 16.2 Å². The summed E-state index contributed by atoms with van der Waals surface area (Å²) in [5.41, 5.74) is 6.16. The van der Waals surface area contributed by atoms with E-state index in [1.54, 1.807) is 12.1 Å². The molecule has 3 heterocycles. The Morgan fingerprint density at radius 2 is 1.68 bits per heavy atom. The zero-order chi connectivity index (χ0) is 25.5. The van der Waals surface area contributed by atoms with Crippen molar-refractivity contribution in [2.45, 2.75) is 45.2 Å². The Labute approximate surface area is 214 Å². The molecule has 0 unspecified atom stereocenters. The fraction of sp³-hybridized carbons (Fsp3) is 0.290. The van der Waals surface area contributed by atoms with E-state index in [-0.39, 0.29) is 11.7 Å². The fourth-order valence-corrected chi connectivity index (χ4v) is 6.17. The lowest BCUT2D eigenvalue weighted by Crippen LogP contribution is -2.33. The number of rotatable bonds is 6. The number of nitrogens with zero attached hydrogens (tertiary/aromatic N) is 2. The van der Waals surface area contributed by atoms with Crippen molar-refractivity contribution in [2.24, 2.45) is 0 Å². The van der Waals surface area contributed by atoms with Gasteiger partial charge in [0.2, 0.25) is 0 Å². The number of aromatic nitrogens is 2. The number of likely N-dealkylation sites (tertiary alicyclic amines) is 1. The number of alkyl halides is 2. The second-order valence-corrected chi connectivity index (χ2v) is 9.99. The van der Waals surface area contributed by atoms with Crippen LogP contribution in [0.4, 0.5) is 13.2 Å². The molecule has 6 rings (SSSR count). The van der Waals surface area contributed by atoms with Gasteiger partial charge in [-0.25, -0.2) is 4.39 Å². The van der Waals surface area contributed by atoms with E-state index in [0.717, 1.165) is 72.0 Å². The lowest BCUT2D eigenvalue weighted by molar-refractivity contribution is 0.0690. The molecule has 1 fully saturated rings. The van der Waals surface area contributed by atoms with E-state index < -0.39 is 6.55 Å². The Morgan fingerprint density at radius 3 is 2.43 bits per heavy atom. The van der Waals surface area contributed by atoms with Crippen LogP contribution in [0.3, 0.4) is 0 Å². The topological polar surface area (TPSA) is 24.0 Å². The number of H-pyrrole nitrogens is 1. The van der Waals surface area contributed by atoms with Crippen LogP contribution in [0.2, 0.25) is 0 Å². The van der Waals surface area contributed by atoms with Crippen LogP contribution in [0.15, 0.2) is 72.9 Å². The molecule has 0 aliphatic carbocycles. The first-order valence-corrected chi connectivity index (χ1v) is 13.0. The molecular weight excluding hydrogens is 471 g/mol. The second kappa shape index (κ2) is 9.75. The van der Waals surface area contributed by atoms with Crippen molar-refractivity contribution in [2.75, 3.05) is 13.1 Å². The van der Waals surface area contributed by atoms with Gasteiger partial charge in [0.1, 0.15) is 5.82 Å². The Balaban J connectivity index is 1.20. The summed E-state index contributed by atoms with van der Waals surface area (Å²) in [6.45, 7) is 2.05. The fourth-order valence-electron chi connectivity index (χ4n) is 6.17. The summed E-state index contributed by atoms with van der Waals surface area (Å²) in [7, 11) is 0.